The van der Waals surface area contributed by atoms with Crippen LogP contribution in [0.15, 0.2) is 40.8 Å². The summed E-state index contributed by atoms with van der Waals surface area (Å²) in [5, 5.41) is 8.87. The van der Waals surface area contributed by atoms with E-state index in [0.717, 1.165) is 12.1 Å². The summed E-state index contributed by atoms with van der Waals surface area (Å²) in [4.78, 5) is 10.8. The molecule has 1 aromatic heterocycles. The number of carbonyl (C=O) groups is 1. The van der Waals surface area contributed by atoms with Crippen molar-refractivity contribution in [3.63, 3.8) is 0 Å². The number of carboxylic acid groups (broad SMARTS) is 1. The third-order valence-corrected chi connectivity index (χ3v) is 3.57. The van der Waals surface area contributed by atoms with Crippen LogP contribution >= 0.6 is 0 Å². The topological polar surface area (TPSA) is 50.4 Å². The molecule has 21 heavy (non-hydrogen) atoms. The van der Waals surface area contributed by atoms with Crippen LogP contribution in [0.25, 0.3) is 11.3 Å². The quantitative estimate of drug-likeness (QED) is 0.925. The number of aliphatic carboxylic acids is 1. The van der Waals surface area contributed by atoms with Crippen molar-refractivity contribution in [2.45, 2.75) is 18.5 Å². The van der Waals surface area contributed by atoms with Gasteiger partial charge in [-0.25, -0.2) is 0 Å². The Bertz CT molecular complexity index is 687. The van der Waals surface area contributed by atoms with Crippen LogP contribution in [0.2, 0.25) is 0 Å². The van der Waals surface area contributed by atoms with Gasteiger partial charge in [0.15, 0.2) is 0 Å². The number of halogens is 3. The molecule has 1 aliphatic rings. The molecule has 1 heterocycles. The van der Waals surface area contributed by atoms with Crippen LogP contribution in [0, 0.1) is 5.92 Å². The lowest BCUT2D eigenvalue weighted by Crippen LogP contribution is -2.04. The van der Waals surface area contributed by atoms with Crippen LogP contribution in [0.5, 0.6) is 0 Å². The number of furan rings is 1. The second-order valence-electron chi connectivity index (χ2n) is 5.07. The molecule has 6 heteroatoms. The van der Waals surface area contributed by atoms with Crippen LogP contribution < -0.4 is 0 Å². The van der Waals surface area contributed by atoms with Gasteiger partial charge in [0, 0.05) is 11.5 Å². The minimum atomic E-state index is -4.41. The third kappa shape index (κ3) is 2.66. The first-order valence-electron chi connectivity index (χ1n) is 6.36. The predicted octanol–water partition coefficient (Wildman–Crippen LogP) is 4.15. The van der Waals surface area contributed by atoms with Crippen molar-refractivity contribution in [1.29, 1.82) is 0 Å². The first-order valence-corrected chi connectivity index (χ1v) is 6.36. The minimum absolute atomic E-state index is 0.179. The largest absolute Gasteiger partial charge is 0.481 e. The zero-order valence-electron chi connectivity index (χ0n) is 10.7. The van der Waals surface area contributed by atoms with Crippen molar-refractivity contribution in [2.24, 2.45) is 5.92 Å². The van der Waals surface area contributed by atoms with Crippen LogP contribution in [-0.2, 0) is 11.0 Å². The summed E-state index contributed by atoms with van der Waals surface area (Å²) in [5.74, 6) is -0.688. The summed E-state index contributed by atoms with van der Waals surface area (Å²) < 4.78 is 43.5. The molecule has 0 bridgehead atoms. The maximum atomic E-state index is 12.7. The maximum Gasteiger partial charge on any atom is 0.416 e. The second kappa shape index (κ2) is 4.65. The number of benzene rings is 1. The summed E-state index contributed by atoms with van der Waals surface area (Å²) >= 11 is 0. The molecule has 1 saturated carbocycles. The summed E-state index contributed by atoms with van der Waals surface area (Å²) in [7, 11) is 0. The van der Waals surface area contributed by atoms with Crippen molar-refractivity contribution < 1.29 is 27.5 Å². The normalized spacial score (nSPS) is 21.3. The molecule has 0 amide bonds. The fraction of sp³-hybridized carbons (Fsp3) is 0.267. The smallest absolute Gasteiger partial charge is 0.416 e. The average Bonchev–Trinajstić information content (AvgIpc) is 3.08. The van der Waals surface area contributed by atoms with Crippen molar-refractivity contribution in [3.05, 3.63) is 47.7 Å². The van der Waals surface area contributed by atoms with Gasteiger partial charge in [-0.15, -0.1) is 0 Å². The van der Waals surface area contributed by atoms with E-state index in [0.29, 0.717) is 23.5 Å². The molecule has 1 fully saturated rings. The first-order chi connectivity index (χ1) is 9.86. The number of rotatable bonds is 3. The van der Waals surface area contributed by atoms with E-state index in [1.54, 1.807) is 12.1 Å². The van der Waals surface area contributed by atoms with Gasteiger partial charge in [-0.3, -0.25) is 4.79 Å². The number of hydrogen-bond donors (Lipinski definition) is 1. The van der Waals surface area contributed by atoms with E-state index in [4.69, 9.17) is 9.52 Å². The van der Waals surface area contributed by atoms with Gasteiger partial charge < -0.3 is 9.52 Å². The highest BCUT2D eigenvalue weighted by Crippen LogP contribution is 2.48. The van der Waals surface area contributed by atoms with Gasteiger partial charge in [-0.1, -0.05) is 12.1 Å². The molecule has 2 atom stereocenters. The van der Waals surface area contributed by atoms with E-state index in [1.165, 1.54) is 12.1 Å². The molecule has 110 valence electrons. The second-order valence-corrected chi connectivity index (χ2v) is 5.07. The van der Waals surface area contributed by atoms with Crippen molar-refractivity contribution in [1.82, 2.24) is 0 Å². The summed E-state index contributed by atoms with van der Waals surface area (Å²) in [6.45, 7) is 0. The van der Waals surface area contributed by atoms with E-state index in [9.17, 15) is 18.0 Å². The molecule has 3 rings (SSSR count). The Morgan fingerprint density at radius 3 is 2.62 bits per heavy atom. The van der Waals surface area contributed by atoms with Crippen LogP contribution in [0.4, 0.5) is 13.2 Å². The highest BCUT2D eigenvalue weighted by molar-refractivity contribution is 5.75. The molecule has 1 N–H and O–H groups in total. The van der Waals surface area contributed by atoms with Crippen LogP contribution in [0.3, 0.4) is 0 Å². The molecule has 0 saturated heterocycles. The fourth-order valence-corrected chi connectivity index (χ4v) is 2.34. The zero-order chi connectivity index (χ0) is 15.2. The van der Waals surface area contributed by atoms with E-state index in [1.807, 2.05) is 0 Å². The fourth-order valence-electron chi connectivity index (χ4n) is 2.34. The molecular weight excluding hydrogens is 285 g/mol. The van der Waals surface area contributed by atoms with Crippen molar-refractivity contribution >= 4 is 5.97 Å². The van der Waals surface area contributed by atoms with Crippen molar-refractivity contribution in [3.8, 4) is 11.3 Å². The lowest BCUT2D eigenvalue weighted by Gasteiger charge is -2.07. The Hall–Kier alpha value is -2.24. The van der Waals surface area contributed by atoms with E-state index in [-0.39, 0.29) is 5.92 Å². The van der Waals surface area contributed by atoms with Crippen LogP contribution in [-0.4, -0.2) is 11.1 Å². The highest BCUT2D eigenvalue weighted by Gasteiger charge is 2.46. The van der Waals surface area contributed by atoms with Gasteiger partial charge in [-0.05, 0) is 30.7 Å². The Labute approximate surface area is 118 Å². The minimum Gasteiger partial charge on any atom is -0.481 e. The summed E-state index contributed by atoms with van der Waals surface area (Å²) in [5.41, 5.74) is -0.420. The molecular formula is C15H11F3O3. The highest BCUT2D eigenvalue weighted by atomic mass is 19.4. The standard InChI is InChI=1S/C15H11F3O3/c16-15(17,18)9-3-1-2-8(6-9)12-4-5-13(21-12)10-7-11(10)14(19)20/h1-6,10-11H,7H2,(H,19,20)/t10-,11-/m1/s1. The monoisotopic (exact) mass is 296 g/mol. The molecule has 2 aromatic rings. The SMILES string of the molecule is O=C(O)[C@@H]1C[C@H]1c1ccc(-c2cccc(C(F)(F)F)c2)o1. The summed E-state index contributed by atoms with van der Waals surface area (Å²) in [6.07, 6.45) is -3.90. The first kappa shape index (κ1) is 13.7. The van der Waals surface area contributed by atoms with E-state index < -0.39 is 23.6 Å². The Morgan fingerprint density at radius 2 is 2.00 bits per heavy atom. The third-order valence-electron chi connectivity index (χ3n) is 3.57. The Kier molecular flexibility index (Phi) is 3.04. The Morgan fingerprint density at radius 1 is 1.24 bits per heavy atom. The molecule has 1 aromatic carbocycles. The van der Waals surface area contributed by atoms with E-state index >= 15 is 0 Å². The number of carboxylic acids is 1. The van der Waals surface area contributed by atoms with Crippen molar-refractivity contribution in [2.75, 3.05) is 0 Å². The van der Waals surface area contributed by atoms with Gasteiger partial charge >= 0.3 is 12.1 Å². The molecule has 1 aliphatic carbocycles. The van der Waals surface area contributed by atoms with Crippen LogP contribution in [0.1, 0.15) is 23.7 Å². The lowest BCUT2D eigenvalue weighted by atomic mass is 10.1. The zero-order valence-corrected chi connectivity index (χ0v) is 10.7. The Balaban J connectivity index is 1.86. The van der Waals surface area contributed by atoms with Gasteiger partial charge in [0.05, 0.1) is 11.5 Å². The van der Waals surface area contributed by atoms with Gasteiger partial charge in [0.25, 0.3) is 0 Å². The molecule has 0 aliphatic heterocycles. The molecule has 0 unspecified atom stereocenters. The van der Waals surface area contributed by atoms with Gasteiger partial charge in [-0.2, -0.15) is 13.2 Å². The maximum absolute atomic E-state index is 12.7. The number of hydrogen-bond acceptors (Lipinski definition) is 2. The number of alkyl halides is 3. The van der Waals surface area contributed by atoms with Gasteiger partial charge in [0.1, 0.15) is 11.5 Å². The summed E-state index contributed by atoms with van der Waals surface area (Å²) in [6, 6.07) is 8.06. The molecule has 0 spiro atoms. The van der Waals surface area contributed by atoms with Gasteiger partial charge in [0.2, 0.25) is 0 Å². The predicted molar refractivity (Wildman–Crippen MR) is 67.6 cm³/mol. The average molecular weight is 296 g/mol. The molecule has 0 radical (unpaired) electrons. The lowest BCUT2D eigenvalue weighted by molar-refractivity contribution is -0.139. The van der Waals surface area contributed by atoms with E-state index in [2.05, 4.69) is 0 Å². The molecule has 3 nitrogen and oxygen atoms in total.